The van der Waals surface area contributed by atoms with Gasteiger partial charge in [0.1, 0.15) is 0 Å². The molecular formula is C10H13N3. The molecule has 0 aliphatic carbocycles. The summed E-state index contributed by atoms with van der Waals surface area (Å²) in [4.78, 5) is 2.86. The maximum absolute atomic E-state index is 8.38. The molecule has 0 fully saturated rings. The Kier molecular flexibility index (Phi) is 3.86. The minimum Gasteiger partial charge on any atom is -0.0859 e. The van der Waals surface area contributed by atoms with Gasteiger partial charge in [-0.1, -0.05) is 48.8 Å². The van der Waals surface area contributed by atoms with Crippen LogP contribution in [0.1, 0.15) is 31.4 Å². The van der Waals surface area contributed by atoms with E-state index in [1.165, 1.54) is 0 Å². The Morgan fingerprint density at radius 2 is 2.08 bits per heavy atom. The van der Waals surface area contributed by atoms with Gasteiger partial charge in [0, 0.05) is 4.91 Å². The van der Waals surface area contributed by atoms with Gasteiger partial charge in [0.05, 0.1) is 6.04 Å². The highest BCUT2D eigenvalue weighted by Gasteiger charge is 2.06. The minimum atomic E-state index is -0.00352. The van der Waals surface area contributed by atoms with E-state index in [4.69, 9.17) is 5.53 Å². The molecule has 0 aliphatic heterocycles. The zero-order chi connectivity index (χ0) is 9.52. The molecule has 0 bridgehead atoms. The Hall–Kier alpha value is -1.47. The van der Waals surface area contributed by atoms with Crippen molar-refractivity contribution in [3.8, 4) is 0 Å². The van der Waals surface area contributed by atoms with Crippen LogP contribution in [0.25, 0.3) is 10.4 Å². The van der Waals surface area contributed by atoms with Gasteiger partial charge in [-0.05, 0) is 17.5 Å². The second kappa shape index (κ2) is 5.22. The fourth-order valence-corrected chi connectivity index (χ4v) is 1.30. The maximum Gasteiger partial charge on any atom is 0.0625 e. The van der Waals surface area contributed by atoms with Gasteiger partial charge in [0.15, 0.2) is 0 Å². The molecule has 0 saturated carbocycles. The smallest absolute Gasteiger partial charge is 0.0625 e. The Morgan fingerprint density at radius 3 is 2.62 bits per heavy atom. The van der Waals surface area contributed by atoms with Crippen LogP contribution < -0.4 is 0 Å². The van der Waals surface area contributed by atoms with Crippen LogP contribution in [-0.2, 0) is 0 Å². The van der Waals surface area contributed by atoms with Gasteiger partial charge in [-0.25, -0.2) is 0 Å². The lowest BCUT2D eigenvalue weighted by atomic mass is 10.0. The van der Waals surface area contributed by atoms with Gasteiger partial charge in [-0.2, -0.15) is 0 Å². The van der Waals surface area contributed by atoms with Crippen molar-refractivity contribution in [1.29, 1.82) is 0 Å². The summed E-state index contributed by atoms with van der Waals surface area (Å²) in [5.41, 5.74) is 9.48. The molecule has 1 atom stereocenters. The third-order valence-electron chi connectivity index (χ3n) is 1.94. The van der Waals surface area contributed by atoms with Crippen LogP contribution in [0.15, 0.2) is 35.4 Å². The molecule has 68 valence electrons. The molecule has 0 amide bonds. The van der Waals surface area contributed by atoms with Crippen LogP contribution in [0, 0.1) is 0 Å². The molecule has 1 aromatic carbocycles. The fourth-order valence-electron chi connectivity index (χ4n) is 1.30. The van der Waals surface area contributed by atoms with Crippen LogP contribution in [0.5, 0.6) is 0 Å². The Morgan fingerprint density at radius 1 is 1.38 bits per heavy atom. The second-order valence-corrected chi connectivity index (χ2v) is 2.92. The molecule has 0 unspecified atom stereocenters. The monoisotopic (exact) mass is 175 g/mol. The average Bonchev–Trinajstić information content (AvgIpc) is 2.19. The van der Waals surface area contributed by atoms with Crippen molar-refractivity contribution < 1.29 is 0 Å². The molecule has 1 rings (SSSR count). The van der Waals surface area contributed by atoms with Gasteiger partial charge in [-0.15, -0.1) is 0 Å². The number of rotatable bonds is 4. The highest BCUT2D eigenvalue weighted by atomic mass is 15.1. The van der Waals surface area contributed by atoms with E-state index in [-0.39, 0.29) is 6.04 Å². The highest BCUT2D eigenvalue weighted by Crippen LogP contribution is 2.22. The van der Waals surface area contributed by atoms with E-state index in [0.29, 0.717) is 0 Å². The average molecular weight is 175 g/mol. The lowest BCUT2D eigenvalue weighted by molar-refractivity contribution is 0.634. The Bertz CT molecular complexity index is 288. The standard InChI is InChI=1S/C10H13N3/c1-2-6-10(12-13-11)9-7-4-3-5-8-9/h3-5,7-8,10H,2,6H2,1H3/t10-/m0/s1. The molecule has 3 nitrogen and oxygen atoms in total. The van der Waals surface area contributed by atoms with Gasteiger partial charge < -0.3 is 0 Å². The Balaban J connectivity index is 2.81. The van der Waals surface area contributed by atoms with Crippen molar-refractivity contribution in [2.24, 2.45) is 5.11 Å². The topological polar surface area (TPSA) is 48.8 Å². The third-order valence-corrected chi connectivity index (χ3v) is 1.94. The van der Waals surface area contributed by atoms with Crippen LogP contribution in [-0.4, -0.2) is 0 Å². The fraction of sp³-hybridized carbons (Fsp3) is 0.400. The summed E-state index contributed by atoms with van der Waals surface area (Å²) in [6, 6.07) is 9.87. The number of nitrogens with zero attached hydrogens (tertiary/aromatic N) is 3. The largest absolute Gasteiger partial charge is 0.0859 e. The van der Waals surface area contributed by atoms with Gasteiger partial charge >= 0.3 is 0 Å². The van der Waals surface area contributed by atoms with Gasteiger partial charge in [-0.3, -0.25) is 0 Å². The molecule has 0 aromatic heterocycles. The summed E-state index contributed by atoms with van der Waals surface area (Å²) < 4.78 is 0. The number of benzene rings is 1. The second-order valence-electron chi connectivity index (χ2n) is 2.92. The van der Waals surface area contributed by atoms with Crippen LogP contribution in [0.2, 0.25) is 0 Å². The molecule has 0 saturated heterocycles. The van der Waals surface area contributed by atoms with E-state index in [0.717, 1.165) is 18.4 Å². The van der Waals surface area contributed by atoms with Crippen molar-refractivity contribution in [2.45, 2.75) is 25.8 Å². The molecule has 0 heterocycles. The summed E-state index contributed by atoms with van der Waals surface area (Å²) in [6.45, 7) is 2.09. The first-order valence-electron chi connectivity index (χ1n) is 4.47. The first kappa shape index (κ1) is 9.62. The molecule has 13 heavy (non-hydrogen) atoms. The molecule has 0 aliphatic rings. The molecule has 0 N–H and O–H groups in total. The highest BCUT2D eigenvalue weighted by molar-refractivity contribution is 5.18. The third kappa shape index (κ3) is 2.80. The molecular weight excluding hydrogens is 162 g/mol. The van der Waals surface area contributed by atoms with E-state index in [2.05, 4.69) is 16.9 Å². The predicted octanol–water partition coefficient (Wildman–Crippen LogP) is 3.84. The summed E-state index contributed by atoms with van der Waals surface area (Å²) in [5, 5.41) is 3.76. The number of hydrogen-bond acceptors (Lipinski definition) is 1. The van der Waals surface area contributed by atoms with E-state index in [1.807, 2.05) is 30.3 Å². The summed E-state index contributed by atoms with van der Waals surface area (Å²) >= 11 is 0. The first-order chi connectivity index (χ1) is 6.38. The summed E-state index contributed by atoms with van der Waals surface area (Å²) in [5.74, 6) is 0. The zero-order valence-electron chi connectivity index (χ0n) is 7.72. The Labute approximate surface area is 78.0 Å². The van der Waals surface area contributed by atoms with E-state index >= 15 is 0 Å². The van der Waals surface area contributed by atoms with Gasteiger partial charge in [0.2, 0.25) is 0 Å². The lowest BCUT2D eigenvalue weighted by Gasteiger charge is -2.08. The van der Waals surface area contributed by atoms with Crippen molar-refractivity contribution in [3.05, 3.63) is 46.3 Å². The van der Waals surface area contributed by atoms with E-state index < -0.39 is 0 Å². The number of hydrogen-bond donors (Lipinski definition) is 0. The zero-order valence-corrected chi connectivity index (χ0v) is 7.72. The summed E-state index contributed by atoms with van der Waals surface area (Å²) in [7, 11) is 0. The van der Waals surface area contributed by atoms with Crippen molar-refractivity contribution in [2.75, 3.05) is 0 Å². The van der Waals surface area contributed by atoms with Crippen LogP contribution >= 0.6 is 0 Å². The maximum atomic E-state index is 8.38. The number of azide groups is 1. The van der Waals surface area contributed by atoms with Crippen LogP contribution in [0.3, 0.4) is 0 Å². The van der Waals surface area contributed by atoms with Crippen molar-refractivity contribution in [3.63, 3.8) is 0 Å². The molecule has 0 spiro atoms. The minimum absolute atomic E-state index is 0.00352. The van der Waals surface area contributed by atoms with Gasteiger partial charge in [0.25, 0.3) is 0 Å². The first-order valence-corrected chi connectivity index (χ1v) is 4.47. The molecule has 1 aromatic rings. The normalized spacial score (nSPS) is 11.8. The quantitative estimate of drug-likeness (QED) is 0.379. The predicted molar refractivity (Wildman–Crippen MR) is 53.2 cm³/mol. The molecule has 0 radical (unpaired) electrons. The SMILES string of the molecule is CCC[C@H](N=[N+]=[N-])c1ccccc1. The molecule has 3 heteroatoms. The van der Waals surface area contributed by atoms with E-state index in [1.54, 1.807) is 0 Å². The van der Waals surface area contributed by atoms with E-state index in [9.17, 15) is 0 Å². The van der Waals surface area contributed by atoms with Crippen molar-refractivity contribution in [1.82, 2.24) is 0 Å². The van der Waals surface area contributed by atoms with Crippen LogP contribution in [0.4, 0.5) is 0 Å². The lowest BCUT2D eigenvalue weighted by Crippen LogP contribution is -1.92. The summed E-state index contributed by atoms with van der Waals surface area (Å²) in [6.07, 6.45) is 1.94. The van der Waals surface area contributed by atoms with Crippen molar-refractivity contribution >= 4 is 0 Å².